The standard InChI is InChI=1S/C47H52N2S/c1-3-5-7-9-11-16-30-47(31-17-12-10-8-6-4-2)41-33-37(35-22-24-36(25-23-35)43-19-15-18-32-48-43)26-28-39(41)40-29-27-38(34-42(40)47)46-49-44-20-13-14-21-45(44)50-46/h13-15,18-29,32-34H,3-12,16-17,30-31H2,1-2H3. The second-order valence-corrected chi connectivity index (χ2v) is 15.4. The molecule has 4 aromatic carbocycles. The molecule has 0 N–H and O–H groups in total. The average molecular weight is 677 g/mol. The molecule has 1 aliphatic carbocycles. The molecular formula is C47H52N2S. The second kappa shape index (κ2) is 16.3. The third-order valence-electron chi connectivity index (χ3n) is 11.0. The van der Waals surface area contributed by atoms with Crippen molar-refractivity contribution in [3.63, 3.8) is 0 Å². The van der Waals surface area contributed by atoms with Crippen molar-refractivity contribution in [2.24, 2.45) is 0 Å². The van der Waals surface area contributed by atoms with E-state index in [4.69, 9.17) is 4.98 Å². The van der Waals surface area contributed by atoms with Gasteiger partial charge in [-0.3, -0.25) is 4.98 Å². The smallest absolute Gasteiger partial charge is 0.124 e. The van der Waals surface area contributed by atoms with Gasteiger partial charge in [0.05, 0.1) is 15.9 Å². The van der Waals surface area contributed by atoms with Gasteiger partial charge >= 0.3 is 0 Å². The first-order valence-corrected chi connectivity index (χ1v) is 20.2. The molecule has 0 amide bonds. The molecule has 7 rings (SSSR count). The Morgan fingerprint density at radius 2 is 1.08 bits per heavy atom. The molecular weight excluding hydrogens is 625 g/mol. The van der Waals surface area contributed by atoms with Gasteiger partial charge in [0.15, 0.2) is 0 Å². The molecule has 0 saturated heterocycles. The highest BCUT2D eigenvalue weighted by Gasteiger charge is 2.42. The van der Waals surface area contributed by atoms with Crippen LogP contribution in [0.15, 0.2) is 109 Å². The predicted molar refractivity (Wildman–Crippen MR) is 216 cm³/mol. The van der Waals surface area contributed by atoms with Crippen molar-refractivity contribution in [2.45, 2.75) is 109 Å². The third kappa shape index (κ3) is 7.35. The van der Waals surface area contributed by atoms with E-state index < -0.39 is 0 Å². The maximum atomic E-state index is 5.11. The van der Waals surface area contributed by atoms with E-state index in [1.807, 2.05) is 23.6 Å². The van der Waals surface area contributed by atoms with Crippen LogP contribution in [-0.4, -0.2) is 9.97 Å². The SMILES string of the molecule is CCCCCCCCC1(CCCCCCCC)c2cc(-c3ccc(-c4ccccn4)cc3)ccc2-c2ccc(-c3nc4ccccc4s3)cc21. The van der Waals surface area contributed by atoms with Crippen molar-refractivity contribution >= 4 is 21.6 Å². The fraction of sp³-hybridized carbons (Fsp3) is 0.362. The first-order valence-electron chi connectivity index (χ1n) is 19.4. The highest BCUT2D eigenvalue weighted by atomic mass is 32.1. The molecule has 0 spiro atoms. The zero-order valence-electron chi connectivity index (χ0n) is 30.1. The Kier molecular flexibility index (Phi) is 11.2. The van der Waals surface area contributed by atoms with Crippen LogP contribution < -0.4 is 0 Å². The van der Waals surface area contributed by atoms with Gasteiger partial charge in [0, 0.05) is 22.7 Å². The van der Waals surface area contributed by atoms with Crippen molar-refractivity contribution < 1.29 is 0 Å². The van der Waals surface area contributed by atoms with Crippen LogP contribution in [0.25, 0.3) is 54.3 Å². The van der Waals surface area contributed by atoms with Crippen LogP contribution >= 0.6 is 11.3 Å². The van der Waals surface area contributed by atoms with Crippen LogP contribution in [0.2, 0.25) is 0 Å². The summed E-state index contributed by atoms with van der Waals surface area (Å²) >= 11 is 1.82. The summed E-state index contributed by atoms with van der Waals surface area (Å²) < 4.78 is 1.26. The largest absolute Gasteiger partial charge is 0.256 e. The normalized spacial score (nSPS) is 13.1. The number of thiazole rings is 1. The van der Waals surface area contributed by atoms with Gasteiger partial charge in [-0.1, -0.05) is 158 Å². The highest BCUT2D eigenvalue weighted by molar-refractivity contribution is 7.21. The molecule has 3 heteroatoms. The summed E-state index contributed by atoms with van der Waals surface area (Å²) in [5.41, 5.74) is 13.1. The Morgan fingerprint density at radius 1 is 0.520 bits per heavy atom. The lowest BCUT2D eigenvalue weighted by atomic mass is 9.70. The number of fused-ring (bicyclic) bond motifs is 4. The van der Waals surface area contributed by atoms with Crippen LogP contribution in [0.1, 0.15) is 115 Å². The van der Waals surface area contributed by atoms with Gasteiger partial charge < -0.3 is 0 Å². The minimum Gasteiger partial charge on any atom is -0.256 e. The summed E-state index contributed by atoms with van der Waals surface area (Å²) in [6, 6.07) is 38.3. The lowest BCUT2D eigenvalue weighted by molar-refractivity contribution is 0.398. The Hall–Kier alpha value is -4.08. The van der Waals surface area contributed by atoms with Crippen molar-refractivity contribution in [3.05, 3.63) is 120 Å². The van der Waals surface area contributed by atoms with Crippen LogP contribution in [-0.2, 0) is 5.41 Å². The van der Waals surface area contributed by atoms with Gasteiger partial charge in [0.2, 0.25) is 0 Å². The third-order valence-corrected chi connectivity index (χ3v) is 12.1. The van der Waals surface area contributed by atoms with E-state index in [0.29, 0.717) is 0 Å². The summed E-state index contributed by atoms with van der Waals surface area (Å²) in [5.74, 6) is 0. The first kappa shape index (κ1) is 34.4. The maximum absolute atomic E-state index is 5.11. The van der Waals surface area contributed by atoms with E-state index >= 15 is 0 Å². The maximum Gasteiger partial charge on any atom is 0.124 e. The Labute approximate surface area is 304 Å². The van der Waals surface area contributed by atoms with E-state index in [2.05, 4.69) is 116 Å². The van der Waals surface area contributed by atoms with Gasteiger partial charge in [-0.25, -0.2) is 4.98 Å². The molecule has 2 nitrogen and oxygen atoms in total. The molecule has 0 atom stereocenters. The zero-order chi connectivity index (χ0) is 34.2. The molecule has 0 unspecified atom stereocenters. The number of rotatable bonds is 17. The van der Waals surface area contributed by atoms with Gasteiger partial charge in [-0.2, -0.15) is 0 Å². The number of hydrogen-bond acceptors (Lipinski definition) is 3. The lowest BCUT2D eigenvalue weighted by Gasteiger charge is -2.33. The number of nitrogens with zero attached hydrogens (tertiary/aromatic N) is 2. The molecule has 0 aliphatic heterocycles. The molecule has 6 aromatic rings. The fourth-order valence-electron chi connectivity index (χ4n) is 8.25. The van der Waals surface area contributed by atoms with E-state index in [0.717, 1.165) is 21.8 Å². The first-order chi connectivity index (χ1) is 24.7. The minimum atomic E-state index is 0.0107. The van der Waals surface area contributed by atoms with Gasteiger partial charge in [-0.15, -0.1) is 11.3 Å². The van der Waals surface area contributed by atoms with Gasteiger partial charge in [0.25, 0.3) is 0 Å². The van der Waals surface area contributed by atoms with Gasteiger partial charge in [-0.05, 0) is 82.6 Å². The number of para-hydroxylation sites is 1. The van der Waals surface area contributed by atoms with E-state index in [1.54, 1.807) is 5.56 Å². The molecule has 0 saturated carbocycles. The molecule has 256 valence electrons. The number of aromatic nitrogens is 2. The van der Waals surface area contributed by atoms with Crippen LogP contribution in [0.5, 0.6) is 0 Å². The molecule has 0 radical (unpaired) electrons. The van der Waals surface area contributed by atoms with Crippen molar-refractivity contribution in [1.29, 1.82) is 0 Å². The molecule has 0 fully saturated rings. The monoisotopic (exact) mass is 676 g/mol. The summed E-state index contributed by atoms with van der Waals surface area (Å²) in [5, 5.41) is 1.13. The van der Waals surface area contributed by atoms with Crippen LogP contribution in [0.4, 0.5) is 0 Å². The van der Waals surface area contributed by atoms with E-state index in [1.165, 1.54) is 128 Å². The van der Waals surface area contributed by atoms with Crippen molar-refractivity contribution in [3.8, 4) is 44.1 Å². The quantitative estimate of drug-likeness (QED) is 0.0899. The minimum absolute atomic E-state index is 0.0107. The molecule has 0 bridgehead atoms. The van der Waals surface area contributed by atoms with Crippen LogP contribution in [0, 0.1) is 0 Å². The Bertz CT molecular complexity index is 1940. The molecule has 1 aliphatic rings. The molecule has 2 aromatic heterocycles. The van der Waals surface area contributed by atoms with E-state index in [9.17, 15) is 0 Å². The highest BCUT2D eigenvalue weighted by Crippen LogP contribution is 2.56. The van der Waals surface area contributed by atoms with Crippen LogP contribution in [0.3, 0.4) is 0 Å². The topological polar surface area (TPSA) is 25.8 Å². The number of pyridine rings is 1. The number of unbranched alkanes of at least 4 members (excludes halogenated alkanes) is 10. The zero-order valence-corrected chi connectivity index (χ0v) is 30.9. The summed E-state index contributed by atoms with van der Waals surface area (Å²) in [4.78, 5) is 9.69. The predicted octanol–water partition coefficient (Wildman–Crippen LogP) is 14.5. The summed E-state index contributed by atoms with van der Waals surface area (Å²) in [6.45, 7) is 4.63. The van der Waals surface area contributed by atoms with Gasteiger partial charge in [0.1, 0.15) is 5.01 Å². The number of benzene rings is 4. The average Bonchev–Trinajstić information content (AvgIpc) is 3.72. The van der Waals surface area contributed by atoms with Crippen molar-refractivity contribution in [2.75, 3.05) is 0 Å². The Balaban J connectivity index is 1.28. The second-order valence-electron chi connectivity index (χ2n) is 14.4. The Morgan fingerprint density at radius 3 is 1.72 bits per heavy atom. The lowest BCUT2D eigenvalue weighted by Crippen LogP contribution is -2.25. The summed E-state index contributed by atoms with van der Waals surface area (Å²) in [7, 11) is 0. The van der Waals surface area contributed by atoms with Crippen molar-refractivity contribution in [1.82, 2.24) is 9.97 Å². The number of hydrogen-bond donors (Lipinski definition) is 0. The van der Waals surface area contributed by atoms with E-state index in [-0.39, 0.29) is 5.41 Å². The fourth-order valence-corrected chi connectivity index (χ4v) is 9.21. The summed E-state index contributed by atoms with van der Waals surface area (Å²) in [6.07, 6.45) is 20.1. The molecule has 50 heavy (non-hydrogen) atoms. The molecule has 2 heterocycles.